The van der Waals surface area contributed by atoms with Crippen molar-refractivity contribution in [1.82, 2.24) is 10.7 Å². The van der Waals surface area contributed by atoms with E-state index in [-0.39, 0.29) is 11.8 Å². The molecule has 3 aromatic rings. The predicted molar refractivity (Wildman–Crippen MR) is 125 cm³/mol. The van der Waals surface area contributed by atoms with Crippen LogP contribution in [0.2, 0.25) is 5.02 Å². The van der Waals surface area contributed by atoms with Gasteiger partial charge in [-0.15, -0.1) is 10.1 Å². The molecule has 2 atom stereocenters. The highest BCUT2D eigenvalue weighted by Crippen LogP contribution is 2.28. The summed E-state index contributed by atoms with van der Waals surface area (Å²) in [4.78, 5) is 25.9. The SMILES string of the molecule is COc1ccc([C@@H]2[C@@H](NC(=O)c3ccc(Cl)cc3)C(=O)N/[N+]2=C\c2ccccc2OC)cc1. The molecule has 0 radical (unpaired) electrons. The van der Waals surface area contributed by atoms with Crippen molar-refractivity contribution >= 4 is 29.6 Å². The van der Waals surface area contributed by atoms with Crippen LogP contribution in [0, 0.1) is 0 Å². The van der Waals surface area contributed by atoms with Gasteiger partial charge in [0.2, 0.25) is 12.3 Å². The summed E-state index contributed by atoms with van der Waals surface area (Å²) in [5.74, 6) is 0.653. The second-order valence-corrected chi connectivity index (χ2v) is 7.87. The molecule has 33 heavy (non-hydrogen) atoms. The maximum atomic E-state index is 13.0. The highest BCUT2D eigenvalue weighted by atomic mass is 35.5. The van der Waals surface area contributed by atoms with Crippen LogP contribution in [0.25, 0.3) is 0 Å². The summed E-state index contributed by atoms with van der Waals surface area (Å²) < 4.78 is 12.4. The minimum atomic E-state index is -0.840. The number of rotatable bonds is 6. The van der Waals surface area contributed by atoms with Gasteiger partial charge >= 0.3 is 5.91 Å². The number of ether oxygens (including phenoxy) is 2. The Labute approximate surface area is 196 Å². The van der Waals surface area contributed by atoms with Crippen molar-refractivity contribution in [3.8, 4) is 11.5 Å². The van der Waals surface area contributed by atoms with Crippen molar-refractivity contribution in [2.45, 2.75) is 12.1 Å². The molecule has 4 rings (SSSR count). The number of nitrogens with zero attached hydrogens (tertiary/aromatic N) is 1. The second kappa shape index (κ2) is 9.75. The number of hydrazone groups is 1. The van der Waals surface area contributed by atoms with E-state index < -0.39 is 12.1 Å². The van der Waals surface area contributed by atoms with E-state index in [0.29, 0.717) is 22.1 Å². The van der Waals surface area contributed by atoms with Crippen LogP contribution in [0.5, 0.6) is 11.5 Å². The molecule has 0 aliphatic carbocycles. The third-order valence-corrected chi connectivity index (χ3v) is 5.66. The van der Waals surface area contributed by atoms with Gasteiger partial charge in [-0.3, -0.25) is 9.59 Å². The molecular weight excluding hydrogens is 442 g/mol. The topological polar surface area (TPSA) is 79.7 Å². The molecule has 0 unspecified atom stereocenters. The molecule has 1 fully saturated rings. The van der Waals surface area contributed by atoms with Gasteiger partial charge in [-0.2, -0.15) is 0 Å². The number of benzene rings is 3. The van der Waals surface area contributed by atoms with Crippen LogP contribution < -0.4 is 20.2 Å². The maximum absolute atomic E-state index is 13.0. The van der Waals surface area contributed by atoms with E-state index in [1.165, 1.54) is 0 Å². The van der Waals surface area contributed by atoms with Gasteiger partial charge in [0, 0.05) is 16.1 Å². The lowest BCUT2D eigenvalue weighted by Gasteiger charge is -2.15. The summed E-state index contributed by atoms with van der Waals surface area (Å²) in [5.41, 5.74) is 4.88. The number of hydrogen-bond acceptors (Lipinski definition) is 4. The Kier molecular flexibility index (Phi) is 6.60. The van der Waals surface area contributed by atoms with Gasteiger partial charge in [-0.1, -0.05) is 23.7 Å². The fraction of sp³-hybridized carbons (Fsp3) is 0.160. The number of halogens is 1. The van der Waals surface area contributed by atoms with Crippen molar-refractivity contribution in [2.75, 3.05) is 14.2 Å². The van der Waals surface area contributed by atoms with Crippen molar-refractivity contribution in [1.29, 1.82) is 0 Å². The van der Waals surface area contributed by atoms with Crippen molar-refractivity contribution in [2.24, 2.45) is 0 Å². The highest BCUT2D eigenvalue weighted by molar-refractivity contribution is 6.30. The fourth-order valence-electron chi connectivity index (χ4n) is 3.73. The van der Waals surface area contributed by atoms with E-state index in [0.717, 1.165) is 11.1 Å². The van der Waals surface area contributed by atoms with Gasteiger partial charge < -0.3 is 14.8 Å². The molecule has 2 amide bonds. The maximum Gasteiger partial charge on any atom is 0.304 e. The Morgan fingerprint density at radius 3 is 2.36 bits per heavy atom. The Morgan fingerprint density at radius 1 is 1.00 bits per heavy atom. The molecule has 8 heteroatoms. The van der Waals surface area contributed by atoms with Gasteiger partial charge in [0.05, 0.1) is 19.8 Å². The molecule has 0 bridgehead atoms. The Hall–Kier alpha value is -3.84. The molecule has 1 aliphatic heterocycles. The Morgan fingerprint density at radius 2 is 1.70 bits per heavy atom. The lowest BCUT2D eigenvalue weighted by atomic mass is 9.99. The molecule has 168 valence electrons. The molecule has 0 spiro atoms. The van der Waals surface area contributed by atoms with Gasteiger partial charge in [0.15, 0.2) is 6.04 Å². The van der Waals surface area contributed by atoms with Crippen LogP contribution in [0.15, 0.2) is 72.8 Å². The van der Waals surface area contributed by atoms with Crippen LogP contribution in [0.1, 0.15) is 27.5 Å². The third kappa shape index (κ3) is 4.83. The van der Waals surface area contributed by atoms with E-state index >= 15 is 0 Å². The second-order valence-electron chi connectivity index (χ2n) is 7.43. The van der Waals surface area contributed by atoms with Crippen LogP contribution in [-0.4, -0.2) is 43.0 Å². The van der Waals surface area contributed by atoms with Crippen LogP contribution in [0.3, 0.4) is 0 Å². The minimum Gasteiger partial charge on any atom is -0.497 e. The lowest BCUT2D eigenvalue weighted by molar-refractivity contribution is -0.596. The lowest BCUT2D eigenvalue weighted by Crippen LogP contribution is -2.42. The number of carbonyl (C=O) groups is 2. The Bertz CT molecular complexity index is 1190. The monoisotopic (exact) mass is 464 g/mol. The number of para-hydroxylation sites is 1. The van der Waals surface area contributed by atoms with Crippen molar-refractivity contribution in [3.05, 3.63) is 94.5 Å². The molecule has 0 aromatic heterocycles. The minimum absolute atomic E-state index is 0.329. The molecule has 2 N–H and O–H groups in total. The Balaban J connectivity index is 1.72. The first-order valence-corrected chi connectivity index (χ1v) is 10.6. The number of hydrazine groups is 1. The number of carbonyl (C=O) groups excluding carboxylic acids is 2. The molecule has 7 nitrogen and oxygen atoms in total. The van der Waals surface area contributed by atoms with Crippen LogP contribution in [0.4, 0.5) is 0 Å². The quantitative estimate of drug-likeness (QED) is 0.548. The predicted octanol–water partition coefficient (Wildman–Crippen LogP) is 3.37. The number of nitrogens with one attached hydrogen (secondary N) is 2. The number of hydrogen-bond donors (Lipinski definition) is 2. The first-order chi connectivity index (χ1) is 16.0. The summed E-state index contributed by atoms with van der Waals surface area (Å²) in [6.45, 7) is 0. The molecular formula is C25H23ClN3O4+. The van der Waals surface area contributed by atoms with E-state index in [9.17, 15) is 9.59 Å². The van der Waals surface area contributed by atoms with Crippen LogP contribution >= 0.6 is 11.6 Å². The van der Waals surface area contributed by atoms with E-state index in [1.807, 2.05) is 48.5 Å². The van der Waals surface area contributed by atoms with E-state index in [1.54, 1.807) is 49.4 Å². The van der Waals surface area contributed by atoms with E-state index in [2.05, 4.69) is 10.7 Å². The normalized spacial score (nSPS) is 18.6. The average Bonchev–Trinajstić information content (AvgIpc) is 3.14. The first-order valence-electron chi connectivity index (χ1n) is 10.3. The largest absolute Gasteiger partial charge is 0.497 e. The van der Waals surface area contributed by atoms with Crippen LogP contribution in [-0.2, 0) is 4.79 Å². The van der Waals surface area contributed by atoms with Crippen molar-refractivity contribution in [3.63, 3.8) is 0 Å². The van der Waals surface area contributed by atoms with Gasteiger partial charge in [-0.25, -0.2) is 0 Å². The zero-order valence-electron chi connectivity index (χ0n) is 18.1. The van der Waals surface area contributed by atoms with Gasteiger partial charge in [0.1, 0.15) is 11.5 Å². The smallest absolute Gasteiger partial charge is 0.304 e. The zero-order valence-corrected chi connectivity index (χ0v) is 18.9. The van der Waals surface area contributed by atoms with E-state index in [4.69, 9.17) is 21.1 Å². The summed E-state index contributed by atoms with van der Waals surface area (Å²) in [7, 11) is 3.18. The molecule has 1 saturated heterocycles. The first kappa shape index (κ1) is 22.4. The fourth-order valence-corrected chi connectivity index (χ4v) is 3.86. The summed E-state index contributed by atoms with van der Waals surface area (Å²) in [6.07, 6.45) is 1.79. The average molecular weight is 465 g/mol. The standard InChI is InChI=1S/C25H22ClN3O4/c1-32-20-13-9-16(10-14-20)23-22(27-24(30)17-7-11-19(26)12-8-17)25(31)28-29(23)15-18-5-3-4-6-21(18)33-2/h3-15,22-23H,1-2H3,(H-,27,28,30,31)/p+1/b29-15-/t22-,23-/m1/s1. The van der Waals surface area contributed by atoms with Gasteiger partial charge in [0.25, 0.3) is 5.91 Å². The molecule has 3 aromatic carbocycles. The molecule has 1 heterocycles. The zero-order chi connectivity index (χ0) is 23.4. The molecule has 0 saturated carbocycles. The van der Waals surface area contributed by atoms with Gasteiger partial charge in [-0.05, 0) is 60.7 Å². The molecule has 1 aliphatic rings. The summed E-state index contributed by atoms with van der Waals surface area (Å²) >= 11 is 5.93. The number of methoxy groups -OCH3 is 2. The highest BCUT2D eigenvalue weighted by Gasteiger charge is 2.48. The summed E-state index contributed by atoms with van der Waals surface area (Å²) in [5, 5.41) is 3.39. The third-order valence-electron chi connectivity index (χ3n) is 5.40. The summed E-state index contributed by atoms with van der Waals surface area (Å²) in [6, 6.07) is 20.0. The number of amides is 2. The van der Waals surface area contributed by atoms with Crippen molar-refractivity contribution < 1.29 is 23.7 Å².